The number of allylic oxidation sites excluding steroid dienone is 1. The van der Waals surface area contributed by atoms with Crippen LogP contribution >= 0.6 is 0 Å². The van der Waals surface area contributed by atoms with Crippen molar-refractivity contribution in [1.29, 1.82) is 0 Å². The van der Waals surface area contributed by atoms with Gasteiger partial charge in [-0.3, -0.25) is 0 Å². The molecular formula is C24H27NO4. The SMILES string of the molecule is C=C(C)C(=O)OCC.CC(=CCCn1c2ccccc2c2ccccc21)C(=O)O. The lowest BCUT2D eigenvalue weighted by Gasteiger charge is -2.05. The fourth-order valence-corrected chi connectivity index (χ4v) is 3.00. The monoisotopic (exact) mass is 393 g/mol. The van der Waals surface area contributed by atoms with Crippen LogP contribution in [0, 0.1) is 0 Å². The number of hydrogen-bond acceptors (Lipinski definition) is 3. The van der Waals surface area contributed by atoms with Crippen LogP contribution in [0.25, 0.3) is 21.8 Å². The smallest absolute Gasteiger partial charge is 0.333 e. The molecule has 0 aliphatic carbocycles. The summed E-state index contributed by atoms with van der Waals surface area (Å²) in [6.07, 6.45) is 2.49. The van der Waals surface area contributed by atoms with E-state index in [2.05, 4.69) is 40.1 Å². The summed E-state index contributed by atoms with van der Waals surface area (Å²) < 4.78 is 6.83. The first kappa shape index (κ1) is 22.0. The van der Waals surface area contributed by atoms with Gasteiger partial charge in [-0.15, -0.1) is 0 Å². The number of rotatable bonds is 6. The van der Waals surface area contributed by atoms with Crippen LogP contribution in [0.5, 0.6) is 0 Å². The van der Waals surface area contributed by atoms with Crippen LogP contribution in [-0.4, -0.2) is 28.2 Å². The third kappa shape index (κ3) is 5.57. The minimum Gasteiger partial charge on any atom is -0.478 e. The summed E-state index contributed by atoms with van der Waals surface area (Å²) in [5.41, 5.74) is 3.24. The summed E-state index contributed by atoms with van der Waals surface area (Å²) in [6.45, 7) is 9.62. The van der Waals surface area contributed by atoms with E-state index >= 15 is 0 Å². The van der Waals surface area contributed by atoms with E-state index in [9.17, 15) is 9.59 Å². The van der Waals surface area contributed by atoms with Gasteiger partial charge in [0.15, 0.2) is 0 Å². The molecule has 0 aliphatic rings. The van der Waals surface area contributed by atoms with Crippen molar-refractivity contribution in [1.82, 2.24) is 4.57 Å². The number of aryl methyl sites for hydroxylation is 1. The molecule has 3 aromatic rings. The molecule has 0 saturated carbocycles. The summed E-state index contributed by atoms with van der Waals surface area (Å²) in [5, 5.41) is 11.4. The van der Waals surface area contributed by atoms with Gasteiger partial charge in [-0.2, -0.15) is 0 Å². The van der Waals surface area contributed by atoms with Gasteiger partial charge < -0.3 is 14.4 Å². The molecule has 0 unspecified atom stereocenters. The second-order valence-electron chi connectivity index (χ2n) is 6.67. The third-order valence-electron chi connectivity index (χ3n) is 4.44. The van der Waals surface area contributed by atoms with E-state index < -0.39 is 5.97 Å². The summed E-state index contributed by atoms with van der Waals surface area (Å²) in [4.78, 5) is 21.3. The van der Waals surface area contributed by atoms with E-state index in [4.69, 9.17) is 5.11 Å². The van der Waals surface area contributed by atoms with Crippen molar-refractivity contribution >= 4 is 33.7 Å². The minimum absolute atomic E-state index is 0.312. The first-order valence-corrected chi connectivity index (χ1v) is 9.55. The predicted octanol–water partition coefficient (Wildman–Crippen LogP) is 5.34. The zero-order valence-electron chi connectivity index (χ0n) is 17.1. The molecule has 1 heterocycles. The first-order chi connectivity index (χ1) is 13.9. The lowest BCUT2D eigenvalue weighted by atomic mass is 10.2. The van der Waals surface area contributed by atoms with Gasteiger partial charge in [-0.25, -0.2) is 9.59 Å². The van der Waals surface area contributed by atoms with Gasteiger partial charge in [-0.05, 0) is 39.3 Å². The fourth-order valence-electron chi connectivity index (χ4n) is 3.00. The Bertz CT molecular complexity index is 1010. The number of fused-ring (bicyclic) bond motifs is 3. The largest absolute Gasteiger partial charge is 0.478 e. The van der Waals surface area contributed by atoms with Crippen LogP contribution in [0.2, 0.25) is 0 Å². The van der Waals surface area contributed by atoms with Gasteiger partial charge in [0.1, 0.15) is 0 Å². The molecule has 29 heavy (non-hydrogen) atoms. The molecule has 0 radical (unpaired) electrons. The lowest BCUT2D eigenvalue weighted by molar-refractivity contribution is -0.138. The van der Waals surface area contributed by atoms with E-state index in [1.807, 2.05) is 24.3 Å². The number of benzene rings is 2. The van der Waals surface area contributed by atoms with Crippen LogP contribution in [0.4, 0.5) is 0 Å². The second kappa shape index (κ2) is 10.3. The number of carbonyl (C=O) groups is 2. The molecule has 1 N–H and O–H groups in total. The maximum Gasteiger partial charge on any atom is 0.333 e. The average Bonchev–Trinajstić information content (AvgIpc) is 3.03. The van der Waals surface area contributed by atoms with Gasteiger partial charge in [0.2, 0.25) is 0 Å². The topological polar surface area (TPSA) is 68.5 Å². The Morgan fingerprint density at radius 2 is 1.55 bits per heavy atom. The zero-order chi connectivity index (χ0) is 21.4. The molecule has 2 aromatic carbocycles. The van der Waals surface area contributed by atoms with Gasteiger partial charge in [0.25, 0.3) is 0 Å². The number of ether oxygens (including phenoxy) is 1. The second-order valence-corrected chi connectivity index (χ2v) is 6.67. The molecule has 152 valence electrons. The Kier molecular flexibility index (Phi) is 7.78. The third-order valence-corrected chi connectivity index (χ3v) is 4.44. The van der Waals surface area contributed by atoms with Crippen molar-refractivity contribution in [3.63, 3.8) is 0 Å². The molecular weight excluding hydrogens is 366 g/mol. The van der Waals surface area contributed by atoms with Crippen LogP contribution < -0.4 is 0 Å². The molecule has 0 amide bonds. The zero-order valence-corrected chi connectivity index (χ0v) is 17.1. The fraction of sp³-hybridized carbons (Fsp3) is 0.250. The minimum atomic E-state index is -0.850. The number of carbonyl (C=O) groups excluding carboxylic acids is 1. The van der Waals surface area contributed by atoms with Crippen molar-refractivity contribution in [2.45, 2.75) is 33.7 Å². The van der Waals surface area contributed by atoms with E-state index in [1.165, 1.54) is 21.8 Å². The summed E-state index contributed by atoms with van der Waals surface area (Å²) in [7, 11) is 0. The van der Waals surface area contributed by atoms with E-state index in [0.717, 1.165) is 6.54 Å². The Morgan fingerprint density at radius 1 is 1.03 bits per heavy atom. The van der Waals surface area contributed by atoms with Crippen LogP contribution in [0.15, 0.2) is 72.3 Å². The van der Waals surface area contributed by atoms with Crippen LogP contribution in [0.1, 0.15) is 27.2 Å². The number of nitrogens with zero attached hydrogens (tertiary/aromatic N) is 1. The molecule has 0 saturated heterocycles. The molecule has 5 nitrogen and oxygen atoms in total. The highest BCUT2D eigenvalue weighted by Gasteiger charge is 2.08. The van der Waals surface area contributed by atoms with Crippen molar-refractivity contribution in [3.05, 3.63) is 72.3 Å². The number of hydrogen-bond donors (Lipinski definition) is 1. The number of aromatic nitrogens is 1. The van der Waals surface area contributed by atoms with Crippen molar-refractivity contribution in [2.75, 3.05) is 6.61 Å². The molecule has 0 fully saturated rings. The summed E-state index contributed by atoms with van der Waals surface area (Å²) in [5.74, 6) is -1.16. The lowest BCUT2D eigenvalue weighted by Crippen LogP contribution is -2.03. The Morgan fingerprint density at radius 3 is 1.97 bits per heavy atom. The quantitative estimate of drug-likeness (QED) is 0.453. The van der Waals surface area contributed by atoms with Crippen molar-refractivity contribution < 1.29 is 19.4 Å². The predicted molar refractivity (Wildman–Crippen MR) is 117 cm³/mol. The highest BCUT2D eigenvalue weighted by molar-refractivity contribution is 6.07. The molecule has 5 heteroatoms. The Hall–Kier alpha value is -3.34. The molecule has 0 spiro atoms. The van der Waals surface area contributed by atoms with Gasteiger partial charge in [0.05, 0.1) is 6.61 Å². The number of carboxylic acid groups (broad SMARTS) is 1. The van der Waals surface area contributed by atoms with E-state index in [0.29, 0.717) is 24.2 Å². The maximum atomic E-state index is 10.8. The normalized spacial score (nSPS) is 11.1. The summed E-state index contributed by atoms with van der Waals surface area (Å²) >= 11 is 0. The average molecular weight is 393 g/mol. The van der Waals surface area contributed by atoms with Gasteiger partial charge in [-0.1, -0.05) is 49.1 Å². The number of para-hydroxylation sites is 2. The van der Waals surface area contributed by atoms with Crippen LogP contribution in [0.3, 0.4) is 0 Å². The molecule has 0 aliphatic heterocycles. The highest BCUT2D eigenvalue weighted by atomic mass is 16.5. The highest BCUT2D eigenvalue weighted by Crippen LogP contribution is 2.28. The molecule has 0 bridgehead atoms. The Balaban J connectivity index is 0.000000321. The standard InChI is InChI=1S/C18H17NO2.C6H10O2/c1-13(18(20)21)7-6-12-19-16-10-4-2-8-14(16)15-9-3-5-11-17(15)19;1-4-8-6(7)5(2)3/h2-5,7-11H,6,12H2,1H3,(H,20,21);2,4H2,1,3H3. The van der Waals surface area contributed by atoms with E-state index in [-0.39, 0.29) is 5.97 Å². The molecule has 1 aromatic heterocycles. The maximum absolute atomic E-state index is 10.8. The van der Waals surface area contributed by atoms with Crippen LogP contribution in [-0.2, 0) is 20.9 Å². The Labute approximate surface area is 170 Å². The van der Waals surface area contributed by atoms with Gasteiger partial charge in [0, 0.05) is 39.5 Å². The number of aliphatic carboxylic acids is 1. The van der Waals surface area contributed by atoms with Crippen molar-refractivity contribution in [2.24, 2.45) is 0 Å². The number of esters is 1. The molecule has 3 rings (SSSR count). The molecule has 0 atom stereocenters. The van der Waals surface area contributed by atoms with Crippen molar-refractivity contribution in [3.8, 4) is 0 Å². The number of carboxylic acids is 1. The summed E-state index contributed by atoms with van der Waals surface area (Å²) in [6, 6.07) is 16.7. The van der Waals surface area contributed by atoms with E-state index in [1.54, 1.807) is 26.8 Å². The van der Waals surface area contributed by atoms with Gasteiger partial charge >= 0.3 is 11.9 Å². The first-order valence-electron chi connectivity index (χ1n) is 9.55.